The molecular formula is C10H15N3O2. The second-order valence-corrected chi connectivity index (χ2v) is 3.85. The molecule has 0 N–H and O–H groups in total. The Kier molecular flexibility index (Phi) is 3.11. The summed E-state index contributed by atoms with van der Waals surface area (Å²) in [6, 6.07) is 0. The smallest absolute Gasteiger partial charge is 0.152 e. The molecule has 0 unspecified atom stereocenters. The highest BCUT2D eigenvalue weighted by Crippen LogP contribution is 2.18. The number of carbonyl (C=O) groups excluding carboxylic acids is 1. The third kappa shape index (κ3) is 2.62. The fourth-order valence-corrected chi connectivity index (χ4v) is 1.72. The van der Waals surface area contributed by atoms with Gasteiger partial charge in [0.15, 0.2) is 5.82 Å². The highest BCUT2D eigenvalue weighted by atomic mass is 16.5. The molecule has 82 valence electrons. The summed E-state index contributed by atoms with van der Waals surface area (Å²) in [7, 11) is 1.84. The third-order valence-electron chi connectivity index (χ3n) is 2.74. The standard InChI is InChI=1S/C10H15N3O2/c1-13-10(11-7-12-13)6-15-9-4-2-8(14)3-5-9/h7,9H,2-6H2,1H3. The summed E-state index contributed by atoms with van der Waals surface area (Å²) in [5, 5.41) is 3.96. The zero-order valence-corrected chi connectivity index (χ0v) is 8.85. The number of rotatable bonds is 3. The van der Waals surface area contributed by atoms with Crippen molar-refractivity contribution in [2.75, 3.05) is 0 Å². The van der Waals surface area contributed by atoms with Crippen LogP contribution in [-0.2, 0) is 23.2 Å². The van der Waals surface area contributed by atoms with Gasteiger partial charge in [-0.25, -0.2) is 4.98 Å². The zero-order chi connectivity index (χ0) is 10.7. The number of nitrogens with zero attached hydrogens (tertiary/aromatic N) is 3. The monoisotopic (exact) mass is 209 g/mol. The molecule has 0 aliphatic heterocycles. The highest BCUT2D eigenvalue weighted by molar-refractivity contribution is 5.79. The van der Waals surface area contributed by atoms with Gasteiger partial charge in [-0.1, -0.05) is 0 Å². The van der Waals surface area contributed by atoms with Crippen LogP contribution in [0.1, 0.15) is 31.5 Å². The van der Waals surface area contributed by atoms with Gasteiger partial charge < -0.3 is 4.74 Å². The van der Waals surface area contributed by atoms with Crippen LogP contribution in [0, 0.1) is 0 Å². The van der Waals surface area contributed by atoms with Crippen LogP contribution < -0.4 is 0 Å². The number of ketones is 1. The first-order valence-corrected chi connectivity index (χ1v) is 5.22. The van der Waals surface area contributed by atoms with Crippen molar-refractivity contribution < 1.29 is 9.53 Å². The van der Waals surface area contributed by atoms with E-state index in [0.29, 0.717) is 25.2 Å². The Morgan fingerprint density at radius 2 is 2.27 bits per heavy atom. The fraction of sp³-hybridized carbons (Fsp3) is 0.700. The van der Waals surface area contributed by atoms with Crippen LogP contribution in [0.4, 0.5) is 0 Å². The first kappa shape index (κ1) is 10.3. The predicted octanol–water partition coefficient (Wildman–Crippen LogP) is 0.843. The molecule has 1 aromatic heterocycles. The van der Waals surface area contributed by atoms with Crippen LogP contribution in [0.25, 0.3) is 0 Å². The first-order chi connectivity index (χ1) is 7.25. The van der Waals surface area contributed by atoms with Crippen molar-refractivity contribution in [2.45, 2.75) is 38.4 Å². The zero-order valence-electron chi connectivity index (χ0n) is 8.85. The van der Waals surface area contributed by atoms with E-state index in [-0.39, 0.29) is 6.10 Å². The molecule has 1 aliphatic rings. The fourth-order valence-electron chi connectivity index (χ4n) is 1.72. The summed E-state index contributed by atoms with van der Waals surface area (Å²) in [6.45, 7) is 0.482. The second-order valence-electron chi connectivity index (χ2n) is 3.85. The van der Waals surface area contributed by atoms with Gasteiger partial charge in [-0.05, 0) is 12.8 Å². The minimum atomic E-state index is 0.208. The average Bonchev–Trinajstić information content (AvgIpc) is 2.63. The molecule has 0 bridgehead atoms. The first-order valence-electron chi connectivity index (χ1n) is 5.22. The number of aryl methyl sites for hydroxylation is 1. The van der Waals surface area contributed by atoms with Gasteiger partial charge in [0.25, 0.3) is 0 Å². The molecule has 5 nitrogen and oxygen atoms in total. The Balaban J connectivity index is 1.79. The van der Waals surface area contributed by atoms with Gasteiger partial charge in [0.1, 0.15) is 18.7 Å². The maximum absolute atomic E-state index is 11.0. The summed E-state index contributed by atoms with van der Waals surface area (Å²) in [6.07, 6.45) is 4.73. The lowest BCUT2D eigenvalue weighted by molar-refractivity contribution is -0.123. The number of ether oxygens (including phenoxy) is 1. The number of aromatic nitrogens is 3. The van der Waals surface area contributed by atoms with Crippen molar-refractivity contribution in [1.82, 2.24) is 14.8 Å². The van der Waals surface area contributed by atoms with Crippen molar-refractivity contribution in [3.8, 4) is 0 Å². The lowest BCUT2D eigenvalue weighted by Gasteiger charge is -2.20. The van der Waals surface area contributed by atoms with Gasteiger partial charge in [0, 0.05) is 19.9 Å². The van der Waals surface area contributed by atoms with Crippen LogP contribution in [0.3, 0.4) is 0 Å². The lowest BCUT2D eigenvalue weighted by Crippen LogP contribution is -2.22. The Hall–Kier alpha value is -1.23. The largest absolute Gasteiger partial charge is 0.370 e. The topological polar surface area (TPSA) is 57.0 Å². The SMILES string of the molecule is Cn1ncnc1COC1CCC(=O)CC1. The van der Waals surface area contributed by atoms with Gasteiger partial charge in [-0.15, -0.1) is 0 Å². The Morgan fingerprint density at radius 1 is 1.53 bits per heavy atom. The molecule has 1 aliphatic carbocycles. The van der Waals surface area contributed by atoms with Crippen molar-refractivity contribution in [3.05, 3.63) is 12.2 Å². The molecule has 1 saturated carbocycles. The molecule has 0 atom stereocenters. The minimum absolute atomic E-state index is 0.208. The van der Waals surface area contributed by atoms with E-state index < -0.39 is 0 Å². The average molecular weight is 209 g/mol. The van der Waals surface area contributed by atoms with Gasteiger partial charge >= 0.3 is 0 Å². The molecule has 0 radical (unpaired) electrons. The van der Waals surface area contributed by atoms with Gasteiger partial charge in [-0.2, -0.15) is 5.10 Å². The van der Waals surface area contributed by atoms with E-state index in [4.69, 9.17) is 4.74 Å². The van der Waals surface area contributed by atoms with Gasteiger partial charge in [0.05, 0.1) is 6.10 Å². The van der Waals surface area contributed by atoms with Gasteiger partial charge in [-0.3, -0.25) is 9.48 Å². The van der Waals surface area contributed by atoms with Crippen LogP contribution in [0.5, 0.6) is 0 Å². The maximum Gasteiger partial charge on any atom is 0.152 e. The van der Waals surface area contributed by atoms with Gasteiger partial charge in [0.2, 0.25) is 0 Å². The van der Waals surface area contributed by atoms with Crippen LogP contribution in [0.15, 0.2) is 6.33 Å². The number of hydrogen-bond donors (Lipinski definition) is 0. The molecule has 2 rings (SSSR count). The molecule has 1 fully saturated rings. The molecular weight excluding hydrogens is 194 g/mol. The summed E-state index contributed by atoms with van der Waals surface area (Å²) < 4.78 is 7.38. The normalized spacial score (nSPS) is 18.3. The molecule has 5 heteroatoms. The molecule has 1 aromatic rings. The van der Waals surface area contributed by atoms with Crippen molar-refractivity contribution in [2.24, 2.45) is 7.05 Å². The predicted molar refractivity (Wildman–Crippen MR) is 53.1 cm³/mol. The number of Topliss-reactive ketones (excluding diaryl/α,β-unsaturated/α-hetero) is 1. The van der Waals surface area contributed by atoms with Crippen LogP contribution in [0.2, 0.25) is 0 Å². The summed E-state index contributed by atoms with van der Waals surface area (Å²) in [4.78, 5) is 15.1. The molecule has 0 aromatic carbocycles. The van der Waals surface area contributed by atoms with Crippen molar-refractivity contribution in [3.63, 3.8) is 0 Å². The molecule has 0 spiro atoms. The Morgan fingerprint density at radius 3 is 2.87 bits per heavy atom. The molecule has 15 heavy (non-hydrogen) atoms. The second kappa shape index (κ2) is 4.53. The van der Waals surface area contributed by atoms with E-state index in [2.05, 4.69) is 10.1 Å². The van der Waals surface area contributed by atoms with E-state index in [9.17, 15) is 4.79 Å². The Labute approximate surface area is 88.4 Å². The summed E-state index contributed by atoms with van der Waals surface area (Å²) >= 11 is 0. The summed E-state index contributed by atoms with van der Waals surface area (Å²) in [5.74, 6) is 1.18. The van der Waals surface area contributed by atoms with E-state index >= 15 is 0 Å². The summed E-state index contributed by atoms with van der Waals surface area (Å²) in [5.41, 5.74) is 0. The van der Waals surface area contributed by atoms with E-state index in [1.165, 1.54) is 6.33 Å². The van der Waals surface area contributed by atoms with E-state index in [0.717, 1.165) is 18.7 Å². The number of hydrogen-bond acceptors (Lipinski definition) is 4. The minimum Gasteiger partial charge on any atom is -0.370 e. The van der Waals surface area contributed by atoms with E-state index in [1.807, 2.05) is 7.05 Å². The lowest BCUT2D eigenvalue weighted by atomic mass is 9.96. The third-order valence-corrected chi connectivity index (χ3v) is 2.74. The quantitative estimate of drug-likeness (QED) is 0.740. The Bertz CT molecular complexity index is 338. The molecule has 0 saturated heterocycles. The van der Waals surface area contributed by atoms with Crippen molar-refractivity contribution >= 4 is 5.78 Å². The van der Waals surface area contributed by atoms with Crippen LogP contribution in [-0.4, -0.2) is 26.7 Å². The van der Waals surface area contributed by atoms with Crippen molar-refractivity contribution in [1.29, 1.82) is 0 Å². The maximum atomic E-state index is 11.0. The molecule has 1 heterocycles. The number of carbonyl (C=O) groups is 1. The van der Waals surface area contributed by atoms with E-state index in [1.54, 1.807) is 4.68 Å². The van der Waals surface area contributed by atoms with Crippen LogP contribution >= 0.6 is 0 Å². The highest BCUT2D eigenvalue weighted by Gasteiger charge is 2.19. The molecule has 0 amide bonds.